The predicted molar refractivity (Wildman–Crippen MR) is 92.9 cm³/mol. The topological polar surface area (TPSA) is 47.6 Å². The van der Waals surface area contributed by atoms with Gasteiger partial charge in [0, 0.05) is 5.02 Å². The maximum absolute atomic E-state index is 12.3. The van der Waals surface area contributed by atoms with E-state index in [2.05, 4.69) is 5.32 Å². The lowest BCUT2D eigenvalue weighted by atomic mass is 10.2. The van der Waals surface area contributed by atoms with Crippen LogP contribution in [0.5, 0.6) is 11.5 Å². The molecule has 0 saturated heterocycles. The zero-order valence-electron chi connectivity index (χ0n) is 13.0. The van der Waals surface area contributed by atoms with E-state index >= 15 is 0 Å². The minimum Gasteiger partial charge on any atom is -0.493 e. The molecule has 1 atom stereocenters. The maximum atomic E-state index is 12.3. The number of rotatable bonds is 5. The van der Waals surface area contributed by atoms with Crippen molar-refractivity contribution >= 4 is 34.8 Å². The number of hydrogen-bond donors (Lipinski definition) is 1. The van der Waals surface area contributed by atoms with Crippen LogP contribution < -0.4 is 14.8 Å². The van der Waals surface area contributed by atoms with E-state index in [0.717, 1.165) is 5.56 Å². The average Bonchev–Trinajstić information content (AvgIpc) is 2.51. The van der Waals surface area contributed by atoms with Gasteiger partial charge >= 0.3 is 0 Å². The molecule has 0 fully saturated rings. The fourth-order valence-corrected chi connectivity index (χ4v) is 2.40. The normalized spacial score (nSPS) is 11.7. The molecular weight excluding hydrogens is 337 g/mol. The molecule has 2 aromatic rings. The summed E-state index contributed by atoms with van der Waals surface area (Å²) in [4.78, 5) is 12.3. The smallest absolute Gasteiger partial charge is 0.265 e. The third-order valence-corrected chi connectivity index (χ3v) is 3.73. The summed E-state index contributed by atoms with van der Waals surface area (Å²) in [7, 11) is 1.56. The number of anilines is 1. The SMILES string of the molecule is COc1cc(C)ccc1O[C@@H](C)C(=O)Nc1ccc(Cl)cc1Cl. The Bertz CT molecular complexity index is 719. The highest BCUT2D eigenvalue weighted by Crippen LogP contribution is 2.29. The molecule has 6 heteroatoms. The molecule has 0 aromatic heterocycles. The van der Waals surface area contributed by atoms with Gasteiger partial charge in [0.25, 0.3) is 5.91 Å². The molecule has 0 aliphatic carbocycles. The molecule has 0 bridgehead atoms. The minimum atomic E-state index is -0.724. The standard InChI is InChI=1S/C17H17Cl2NO3/c1-10-4-7-15(16(8-10)22-3)23-11(2)17(21)20-14-6-5-12(18)9-13(14)19/h4-9,11H,1-3H3,(H,20,21)/t11-/m0/s1. The Morgan fingerprint density at radius 2 is 1.87 bits per heavy atom. The van der Waals surface area contributed by atoms with Gasteiger partial charge in [-0.3, -0.25) is 4.79 Å². The monoisotopic (exact) mass is 353 g/mol. The summed E-state index contributed by atoms with van der Waals surface area (Å²) in [5.41, 5.74) is 1.52. The first kappa shape index (κ1) is 17.4. The zero-order valence-corrected chi connectivity index (χ0v) is 14.5. The Morgan fingerprint density at radius 3 is 2.52 bits per heavy atom. The van der Waals surface area contributed by atoms with Crippen molar-refractivity contribution < 1.29 is 14.3 Å². The van der Waals surface area contributed by atoms with Crippen molar-refractivity contribution in [3.63, 3.8) is 0 Å². The Labute approximate surface area is 145 Å². The van der Waals surface area contributed by atoms with Crippen LogP contribution in [-0.4, -0.2) is 19.1 Å². The van der Waals surface area contributed by atoms with Crippen molar-refractivity contribution in [3.8, 4) is 11.5 Å². The quantitative estimate of drug-likeness (QED) is 0.845. The number of benzene rings is 2. The molecule has 2 rings (SSSR count). The molecule has 0 aliphatic heterocycles. The van der Waals surface area contributed by atoms with Crippen molar-refractivity contribution in [3.05, 3.63) is 52.0 Å². The molecule has 0 saturated carbocycles. The molecule has 1 N–H and O–H groups in total. The van der Waals surface area contributed by atoms with E-state index in [1.165, 1.54) is 0 Å². The van der Waals surface area contributed by atoms with Crippen LogP contribution in [0.4, 0.5) is 5.69 Å². The molecule has 0 spiro atoms. The van der Waals surface area contributed by atoms with Crippen LogP contribution >= 0.6 is 23.2 Å². The Morgan fingerprint density at radius 1 is 1.13 bits per heavy atom. The second-order valence-electron chi connectivity index (χ2n) is 5.03. The second-order valence-corrected chi connectivity index (χ2v) is 5.87. The number of amides is 1. The van der Waals surface area contributed by atoms with Crippen molar-refractivity contribution in [2.75, 3.05) is 12.4 Å². The average molecular weight is 354 g/mol. The lowest BCUT2D eigenvalue weighted by molar-refractivity contribution is -0.122. The summed E-state index contributed by atoms with van der Waals surface area (Å²) in [6, 6.07) is 10.4. The molecule has 23 heavy (non-hydrogen) atoms. The molecule has 2 aromatic carbocycles. The predicted octanol–water partition coefficient (Wildman–Crippen LogP) is 4.72. The first-order valence-electron chi connectivity index (χ1n) is 6.98. The van der Waals surface area contributed by atoms with Gasteiger partial charge in [0.2, 0.25) is 0 Å². The van der Waals surface area contributed by atoms with Gasteiger partial charge in [-0.15, -0.1) is 0 Å². The van der Waals surface area contributed by atoms with Gasteiger partial charge in [0.05, 0.1) is 17.8 Å². The first-order chi connectivity index (χ1) is 10.9. The van der Waals surface area contributed by atoms with Gasteiger partial charge in [0.1, 0.15) is 0 Å². The minimum absolute atomic E-state index is 0.322. The molecule has 0 aliphatic rings. The van der Waals surface area contributed by atoms with E-state index < -0.39 is 6.10 Å². The van der Waals surface area contributed by atoms with Gasteiger partial charge in [-0.25, -0.2) is 0 Å². The van der Waals surface area contributed by atoms with E-state index in [1.54, 1.807) is 38.3 Å². The van der Waals surface area contributed by atoms with Crippen LogP contribution in [0.2, 0.25) is 10.0 Å². The lowest BCUT2D eigenvalue weighted by Crippen LogP contribution is -2.30. The van der Waals surface area contributed by atoms with Crippen molar-refractivity contribution in [1.82, 2.24) is 0 Å². The molecule has 1 amide bonds. The molecule has 0 radical (unpaired) electrons. The molecule has 4 nitrogen and oxygen atoms in total. The number of methoxy groups -OCH3 is 1. The van der Waals surface area contributed by atoms with E-state index in [0.29, 0.717) is 27.2 Å². The Hall–Kier alpha value is -1.91. The number of aryl methyl sites for hydroxylation is 1. The van der Waals surface area contributed by atoms with E-state index in [1.807, 2.05) is 19.1 Å². The van der Waals surface area contributed by atoms with Crippen molar-refractivity contribution in [1.29, 1.82) is 0 Å². The maximum Gasteiger partial charge on any atom is 0.265 e. The highest BCUT2D eigenvalue weighted by molar-refractivity contribution is 6.36. The first-order valence-corrected chi connectivity index (χ1v) is 7.73. The number of carbonyl (C=O) groups is 1. The lowest BCUT2D eigenvalue weighted by Gasteiger charge is -2.17. The van der Waals surface area contributed by atoms with Gasteiger partial charge in [0.15, 0.2) is 17.6 Å². The fourth-order valence-electron chi connectivity index (χ4n) is 1.94. The molecule has 0 unspecified atom stereocenters. The van der Waals surface area contributed by atoms with Crippen LogP contribution in [0.1, 0.15) is 12.5 Å². The van der Waals surface area contributed by atoms with Crippen LogP contribution in [0.3, 0.4) is 0 Å². The largest absolute Gasteiger partial charge is 0.493 e. The van der Waals surface area contributed by atoms with Gasteiger partial charge in [-0.05, 0) is 49.7 Å². The summed E-state index contributed by atoms with van der Waals surface area (Å²) in [5, 5.41) is 3.58. The molecular formula is C17H17Cl2NO3. The van der Waals surface area contributed by atoms with Crippen LogP contribution in [0, 0.1) is 6.92 Å². The van der Waals surface area contributed by atoms with Gasteiger partial charge < -0.3 is 14.8 Å². The number of hydrogen-bond acceptors (Lipinski definition) is 3. The number of nitrogens with one attached hydrogen (secondary N) is 1. The van der Waals surface area contributed by atoms with Crippen molar-refractivity contribution in [2.24, 2.45) is 0 Å². The summed E-state index contributed by atoms with van der Waals surface area (Å²) in [5.74, 6) is 0.758. The molecule has 122 valence electrons. The Kier molecular flexibility index (Phi) is 5.74. The van der Waals surface area contributed by atoms with E-state index in [9.17, 15) is 4.79 Å². The van der Waals surface area contributed by atoms with Crippen LogP contribution in [-0.2, 0) is 4.79 Å². The third kappa shape index (κ3) is 4.53. The number of ether oxygens (including phenoxy) is 2. The van der Waals surface area contributed by atoms with Gasteiger partial charge in [-0.2, -0.15) is 0 Å². The van der Waals surface area contributed by atoms with E-state index in [4.69, 9.17) is 32.7 Å². The molecule has 0 heterocycles. The highest BCUT2D eigenvalue weighted by atomic mass is 35.5. The van der Waals surface area contributed by atoms with Crippen molar-refractivity contribution in [2.45, 2.75) is 20.0 Å². The van der Waals surface area contributed by atoms with Crippen LogP contribution in [0.15, 0.2) is 36.4 Å². The fraction of sp³-hybridized carbons (Fsp3) is 0.235. The number of halogens is 2. The summed E-state index contributed by atoms with van der Waals surface area (Å²) in [6.45, 7) is 3.60. The summed E-state index contributed by atoms with van der Waals surface area (Å²) in [6.07, 6.45) is -0.724. The summed E-state index contributed by atoms with van der Waals surface area (Å²) >= 11 is 11.9. The highest BCUT2D eigenvalue weighted by Gasteiger charge is 2.18. The second kappa shape index (κ2) is 7.57. The Balaban J connectivity index is 2.08. The van der Waals surface area contributed by atoms with Crippen LogP contribution in [0.25, 0.3) is 0 Å². The van der Waals surface area contributed by atoms with E-state index in [-0.39, 0.29) is 5.91 Å². The van der Waals surface area contributed by atoms with Gasteiger partial charge in [-0.1, -0.05) is 29.3 Å². The summed E-state index contributed by atoms with van der Waals surface area (Å²) < 4.78 is 10.9. The zero-order chi connectivity index (χ0) is 17.0. The third-order valence-electron chi connectivity index (χ3n) is 3.18. The number of carbonyl (C=O) groups excluding carboxylic acids is 1.